The summed E-state index contributed by atoms with van der Waals surface area (Å²) in [6.07, 6.45) is 0.807. The van der Waals surface area contributed by atoms with Crippen LogP contribution in [0.1, 0.15) is 16.7 Å². The Hall–Kier alpha value is -3.08. The van der Waals surface area contributed by atoms with E-state index in [1.165, 1.54) is 5.56 Å². The molecule has 0 radical (unpaired) electrons. The van der Waals surface area contributed by atoms with E-state index < -0.39 is 5.91 Å². The first-order valence-electron chi connectivity index (χ1n) is 10.0. The smallest absolute Gasteiger partial charge is 0.282 e. The Bertz CT molecular complexity index is 1240. The predicted molar refractivity (Wildman–Crippen MR) is 123 cm³/mol. The van der Waals surface area contributed by atoms with Crippen molar-refractivity contribution in [2.45, 2.75) is 13.0 Å². The van der Waals surface area contributed by atoms with Gasteiger partial charge in [0, 0.05) is 13.1 Å². The van der Waals surface area contributed by atoms with Crippen LogP contribution in [0, 0.1) is 0 Å². The maximum atomic E-state index is 13.7. The number of carbonyl (C=O) groups excluding carboxylic acids is 2. The molecule has 3 aromatic rings. The third-order valence-corrected chi connectivity index (χ3v) is 6.55. The minimum Gasteiger partial charge on any atom is -0.362 e. The molecule has 154 valence electrons. The SMILES string of the molecule is O=C1C(c2ccccc2)=C(N2CCc3ccccc3C2)C(=O)N1c1cccc(Cl)c1Cl. The lowest BCUT2D eigenvalue weighted by atomic mass is 9.98. The van der Waals surface area contributed by atoms with Gasteiger partial charge >= 0.3 is 0 Å². The van der Waals surface area contributed by atoms with E-state index in [0.717, 1.165) is 16.9 Å². The van der Waals surface area contributed by atoms with Crippen molar-refractivity contribution >= 4 is 46.3 Å². The Morgan fingerprint density at radius 1 is 0.742 bits per heavy atom. The van der Waals surface area contributed by atoms with Gasteiger partial charge in [-0.1, -0.05) is 83.9 Å². The highest BCUT2D eigenvalue weighted by molar-refractivity contribution is 6.49. The van der Waals surface area contributed by atoms with Gasteiger partial charge in [-0.3, -0.25) is 9.59 Å². The summed E-state index contributed by atoms with van der Waals surface area (Å²) in [6.45, 7) is 1.22. The van der Waals surface area contributed by atoms with Gasteiger partial charge in [-0.25, -0.2) is 4.90 Å². The largest absolute Gasteiger partial charge is 0.362 e. The zero-order valence-electron chi connectivity index (χ0n) is 16.5. The second-order valence-corrected chi connectivity index (χ2v) is 8.33. The van der Waals surface area contributed by atoms with Crippen LogP contribution in [0.25, 0.3) is 5.57 Å². The summed E-state index contributed by atoms with van der Waals surface area (Å²) in [6, 6.07) is 22.4. The molecule has 2 heterocycles. The number of hydrogen-bond acceptors (Lipinski definition) is 3. The fraction of sp³-hybridized carbons (Fsp3) is 0.120. The van der Waals surface area contributed by atoms with Crippen LogP contribution in [-0.2, 0) is 22.6 Å². The van der Waals surface area contributed by atoms with Gasteiger partial charge in [0.1, 0.15) is 5.70 Å². The summed E-state index contributed by atoms with van der Waals surface area (Å²) >= 11 is 12.6. The van der Waals surface area contributed by atoms with Crippen LogP contribution in [-0.4, -0.2) is 23.3 Å². The lowest BCUT2D eigenvalue weighted by Crippen LogP contribution is -2.37. The van der Waals surface area contributed by atoms with Crippen molar-refractivity contribution in [1.29, 1.82) is 0 Å². The van der Waals surface area contributed by atoms with E-state index in [9.17, 15) is 9.59 Å². The standard InChI is InChI=1S/C25H18Cl2N2O2/c26-19-11-6-12-20(22(19)27)29-24(30)21(17-8-2-1-3-9-17)23(25(29)31)28-14-13-16-7-4-5-10-18(16)15-28/h1-12H,13-15H2. The van der Waals surface area contributed by atoms with Crippen LogP contribution in [0.15, 0.2) is 78.5 Å². The number of hydrogen-bond donors (Lipinski definition) is 0. The number of amides is 2. The van der Waals surface area contributed by atoms with Crippen LogP contribution < -0.4 is 4.90 Å². The molecule has 5 rings (SSSR count). The van der Waals surface area contributed by atoms with Gasteiger partial charge in [0.25, 0.3) is 11.8 Å². The predicted octanol–water partition coefficient (Wildman–Crippen LogP) is 5.34. The molecule has 4 nitrogen and oxygen atoms in total. The normalized spacial score (nSPS) is 16.2. The minimum atomic E-state index is -0.394. The van der Waals surface area contributed by atoms with E-state index in [1.54, 1.807) is 18.2 Å². The molecule has 2 aliphatic heterocycles. The molecule has 0 saturated heterocycles. The van der Waals surface area contributed by atoms with Gasteiger partial charge < -0.3 is 4.90 Å². The molecule has 0 spiro atoms. The fourth-order valence-corrected chi connectivity index (χ4v) is 4.63. The summed E-state index contributed by atoms with van der Waals surface area (Å²) in [5.74, 6) is -0.776. The highest BCUT2D eigenvalue weighted by Gasteiger charge is 2.43. The van der Waals surface area contributed by atoms with Crippen molar-refractivity contribution in [3.05, 3.63) is 105 Å². The number of fused-ring (bicyclic) bond motifs is 1. The highest BCUT2D eigenvalue weighted by Crippen LogP contribution is 2.40. The Morgan fingerprint density at radius 3 is 2.23 bits per heavy atom. The second-order valence-electron chi connectivity index (χ2n) is 7.55. The lowest BCUT2D eigenvalue weighted by molar-refractivity contribution is -0.120. The van der Waals surface area contributed by atoms with Crippen LogP contribution >= 0.6 is 23.2 Å². The topological polar surface area (TPSA) is 40.6 Å². The molecule has 6 heteroatoms. The number of imide groups is 1. The quantitative estimate of drug-likeness (QED) is 0.507. The summed E-state index contributed by atoms with van der Waals surface area (Å²) in [5, 5.41) is 0.477. The van der Waals surface area contributed by atoms with Gasteiger partial charge in [-0.15, -0.1) is 0 Å². The van der Waals surface area contributed by atoms with Crippen LogP contribution in [0.3, 0.4) is 0 Å². The number of nitrogens with zero attached hydrogens (tertiary/aromatic N) is 2. The number of rotatable bonds is 3. The van der Waals surface area contributed by atoms with Gasteiger partial charge in [0.15, 0.2) is 0 Å². The molecule has 0 aromatic heterocycles. The molecule has 0 atom stereocenters. The van der Waals surface area contributed by atoms with Crippen molar-refractivity contribution < 1.29 is 9.59 Å². The highest BCUT2D eigenvalue weighted by atomic mass is 35.5. The molecular formula is C25H18Cl2N2O2. The molecule has 0 aliphatic carbocycles. The van der Waals surface area contributed by atoms with Crippen molar-refractivity contribution in [1.82, 2.24) is 4.90 Å². The lowest BCUT2D eigenvalue weighted by Gasteiger charge is -2.31. The summed E-state index contributed by atoms with van der Waals surface area (Å²) in [4.78, 5) is 30.4. The zero-order chi connectivity index (χ0) is 21.5. The molecule has 2 aliphatic rings. The first kappa shape index (κ1) is 19.9. The minimum absolute atomic E-state index is 0.184. The third-order valence-electron chi connectivity index (χ3n) is 5.74. The molecule has 2 amide bonds. The Labute approximate surface area is 190 Å². The molecule has 0 bridgehead atoms. The van der Waals surface area contributed by atoms with Gasteiger partial charge in [-0.2, -0.15) is 0 Å². The van der Waals surface area contributed by atoms with E-state index in [2.05, 4.69) is 12.1 Å². The van der Waals surface area contributed by atoms with E-state index in [4.69, 9.17) is 23.2 Å². The third kappa shape index (κ3) is 3.32. The van der Waals surface area contributed by atoms with E-state index in [0.29, 0.717) is 40.6 Å². The molecule has 0 saturated carbocycles. The Balaban J connectivity index is 1.64. The fourth-order valence-electron chi connectivity index (χ4n) is 4.25. The first-order chi connectivity index (χ1) is 15.1. The van der Waals surface area contributed by atoms with E-state index in [1.807, 2.05) is 47.4 Å². The number of benzene rings is 3. The number of carbonyl (C=O) groups is 2. The molecule has 0 unspecified atom stereocenters. The van der Waals surface area contributed by atoms with Crippen molar-refractivity contribution in [2.24, 2.45) is 0 Å². The first-order valence-corrected chi connectivity index (χ1v) is 10.8. The van der Waals surface area contributed by atoms with Crippen molar-refractivity contribution in [2.75, 3.05) is 11.4 Å². The van der Waals surface area contributed by atoms with E-state index in [-0.39, 0.29) is 10.9 Å². The van der Waals surface area contributed by atoms with Crippen LogP contribution in [0.4, 0.5) is 5.69 Å². The summed E-state index contributed by atoms with van der Waals surface area (Å²) < 4.78 is 0. The molecular weight excluding hydrogens is 431 g/mol. The molecule has 0 fully saturated rings. The molecule has 0 N–H and O–H groups in total. The summed E-state index contributed by atoms with van der Waals surface area (Å²) in [7, 11) is 0. The van der Waals surface area contributed by atoms with E-state index >= 15 is 0 Å². The maximum absolute atomic E-state index is 13.7. The Morgan fingerprint density at radius 2 is 1.45 bits per heavy atom. The second kappa shape index (κ2) is 7.88. The zero-order valence-corrected chi connectivity index (χ0v) is 18.0. The monoisotopic (exact) mass is 448 g/mol. The number of halogens is 2. The number of anilines is 1. The van der Waals surface area contributed by atoms with Gasteiger partial charge in [0.2, 0.25) is 0 Å². The summed E-state index contributed by atoms with van der Waals surface area (Å²) in [5.41, 5.74) is 4.23. The average molecular weight is 449 g/mol. The molecule has 31 heavy (non-hydrogen) atoms. The van der Waals surface area contributed by atoms with Crippen molar-refractivity contribution in [3.8, 4) is 0 Å². The average Bonchev–Trinajstić information content (AvgIpc) is 3.06. The van der Waals surface area contributed by atoms with Gasteiger partial charge in [-0.05, 0) is 35.2 Å². The van der Waals surface area contributed by atoms with Crippen molar-refractivity contribution in [3.63, 3.8) is 0 Å². The Kier molecular flexibility index (Phi) is 5.05. The maximum Gasteiger partial charge on any atom is 0.282 e. The van der Waals surface area contributed by atoms with Crippen LogP contribution in [0.2, 0.25) is 10.0 Å². The van der Waals surface area contributed by atoms with Crippen LogP contribution in [0.5, 0.6) is 0 Å². The molecule has 3 aromatic carbocycles. The van der Waals surface area contributed by atoms with Gasteiger partial charge in [0.05, 0.1) is 21.3 Å².